The second-order valence-corrected chi connectivity index (χ2v) is 6.95. The van der Waals surface area contributed by atoms with Gasteiger partial charge >= 0.3 is 0 Å². The fourth-order valence-corrected chi connectivity index (χ4v) is 3.47. The van der Waals surface area contributed by atoms with Gasteiger partial charge in [-0.3, -0.25) is 0 Å². The Kier molecular flexibility index (Phi) is 3.78. The number of hydrogen-bond donors (Lipinski definition) is 1. The first-order chi connectivity index (χ1) is 12.5. The Morgan fingerprint density at radius 3 is 2.69 bits per heavy atom. The fourth-order valence-electron chi connectivity index (χ4n) is 3.47. The summed E-state index contributed by atoms with van der Waals surface area (Å²) in [7, 11) is 0. The minimum atomic E-state index is -0.798. The average molecular weight is 345 g/mol. The van der Waals surface area contributed by atoms with Gasteiger partial charge in [0.25, 0.3) is 0 Å². The molecule has 0 unspecified atom stereocenters. The Labute approximate surface area is 152 Å². The van der Waals surface area contributed by atoms with Crippen molar-refractivity contribution in [3.05, 3.63) is 77.9 Å². The van der Waals surface area contributed by atoms with Crippen LogP contribution in [-0.4, -0.2) is 26.4 Å². The van der Waals surface area contributed by atoms with Gasteiger partial charge in [-0.25, -0.2) is 9.83 Å². The van der Waals surface area contributed by atoms with E-state index in [9.17, 15) is 5.11 Å². The molecule has 130 valence electrons. The van der Waals surface area contributed by atoms with Gasteiger partial charge in [0.15, 0.2) is 5.69 Å². The van der Waals surface area contributed by atoms with Crippen LogP contribution in [-0.2, 0) is 0 Å². The van der Waals surface area contributed by atoms with Crippen molar-refractivity contribution in [2.75, 3.05) is 0 Å². The number of aliphatic hydroxyl groups is 1. The van der Waals surface area contributed by atoms with Crippen molar-refractivity contribution in [3.63, 3.8) is 0 Å². The molecule has 1 aliphatic rings. The zero-order valence-corrected chi connectivity index (χ0v) is 14.6. The summed E-state index contributed by atoms with van der Waals surface area (Å²) in [5.41, 5.74) is 1.51. The highest BCUT2D eigenvalue weighted by Gasteiger charge is 2.44. The number of aromatic nitrogens is 2. The molecule has 1 N–H and O–H groups in total. The second-order valence-electron chi connectivity index (χ2n) is 6.95. The molecule has 3 aromatic rings. The van der Waals surface area contributed by atoms with Crippen LogP contribution in [0.2, 0.25) is 0 Å². The second kappa shape index (κ2) is 6.01. The van der Waals surface area contributed by atoms with Crippen molar-refractivity contribution in [1.82, 2.24) is 9.55 Å². The average Bonchev–Trinajstić information content (AvgIpc) is 3.12. The maximum absolute atomic E-state index is 11.1. The van der Waals surface area contributed by atoms with Gasteiger partial charge in [0, 0.05) is 23.5 Å². The van der Waals surface area contributed by atoms with E-state index in [-0.39, 0.29) is 0 Å². The first-order valence-corrected chi connectivity index (χ1v) is 8.48. The number of rotatable bonds is 2. The summed E-state index contributed by atoms with van der Waals surface area (Å²) in [5.74, 6) is 1.46. The Morgan fingerprint density at radius 1 is 1.19 bits per heavy atom. The molecule has 1 aromatic heterocycles. The lowest BCUT2D eigenvalue weighted by Gasteiger charge is -2.43. The smallest absolute Gasteiger partial charge is 0.187 e. The molecule has 0 saturated heterocycles. The fraction of sp³-hybridized carbons (Fsp3) is 0.238. The molecule has 0 fully saturated rings. The highest BCUT2D eigenvalue weighted by atomic mass is 16.5. The predicted octanol–water partition coefficient (Wildman–Crippen LogP) is 4.22. The molecule has 0 aliphatic carbocycles. The zero-order chi connectivity index (χ0) is 18.3. The number of nitrogens with zero attached hydrogens (tertiary/aromatic N) is 3. The van der Waals surface area contributed by atoms with Crippen molar-refractivity contribution in [2.24, 2.45) is 0 Å². The largest absolute Gasteiger partial charge is 0.485 e. The Balaban J connectivity index is 1.92. The van der Waals surface area contributed by atoms with E-state index in [1.165, 1.54) is 0 Å². The normalized spacial score (nSPS) is 20.7. The number of aliphatic hydroxyl groups excluding tert-OH is 1. The number of benzene rings is 2. The molecule has 5 heteroatoms. The van der Waals surface area contributed by atoms with Crippen LogP contribution in [0.3, 0.4) is 0 Å². The van der Waals surface area contributed by atoms with Crippen LogP contribution in [0.5, 0.6) is 5.75 Å². The van der Waals surface area contributed by atoms with Crippen LogP contribution in [0.4, 0.5) is 5.69 Å². The summed E-state index contributed by atoms with van der Waals surface area (Å²) in [5, 5.41) is 11.1. The molecule has 2 heterocycles. The van der Waals surface area contributed by atoms with Crippen LogP contribution >= 0.6 is 0 Å². The summed E-state index contributed by atoms with van der Waals surface area (Å²) in [6.07, 6.45) is 2.80. The summed E-state index contributed by atoms with van der Waals surface area (Å²) in [4.78, 5) is 8.03. The maximum Gasteiger partial charge on any atom is 0.187 e. The quantitative estimate of drug-likeness (QED) is 0.708. The van der Waals surface area contributed by atoms with Crippen molar-refractivity contribution in [3.8, 4) is 17.1 Å². The third-order valence-electron chi connectivity index (χ3n) is 4.83. The molecule has 0 saturated carbocycles. The van der Waals surface area contributed by atoms with E-state index in [2.05, 4.69) is 9.83 Å². The molecule has 0 radical (unpaired) electrons. The van der Waals surface area contributed by atoms with Crippen LogP contribution in [0, 0.1) is 6.57 Å². The summed E-state index contributed by atoms with van der Waals surface area (Å²) >= 11 is 0. The number of ether oxygens (including phenoxy) is 1. The molecule has 5 nitrogen and oxygen atoms in total. The van der Waals surface area contributed by atoms with Crippen LogP contribution in [0.15, 0.2) is 60.9 Å². The SMILES string of the molecule is [C-]#[N+]c1ccc2c(c1)[C@@H](n1ccnc1-c1ccccc1)[C@H](O)C(C)(C)O2. The molecular formula is C21H19N3O2. The lowest BCUT2D eigenvalue weighted by molar-refractivity contribution is -0.0633. The monoisotopic (exact) mass is 345 g/mol. The summed E-state index contributed by atoms with van der Waals surface area (Å²) in [6.45, 7) is 11.1. The van der Waals surface area contributed by atoms with E-state index in [1.54, 1.807) is 18.3 Å². The maximum atomic E-state index is 11.1. The van der Waals surface area contributed by atoms with E-state index in [0.29, 0.717) is 11.4 Å². The predicted molar refractivity (Wildman–Crippen MR) is 99.2 cm³/mol. The standard InChI is InChI=1S/C21H19N3O2/c1-21(2)19(25)18(16-13-15(22-3)9-10-17(16)26-21)24-12-11-23-20(24)14-7-5-4-6-8-14/h4-13,18-19,25H,1-2H3/t18-,19+/m1/s1. The van der Waals surface area contributed by atoms with E-state index in [0.717, 1.165) is 17.0 Å². The first kappa shape index (κ1) is 16.4. The van der Waals surface area contributed by atoms with Gasteiger partial charge in [0.1, 0.15) is 23.3 Å². The van der Waals surface area contributed by atoms with Crippen molar-refractivity contribution in [1.29, 1.82) is 0 Å². The van der Waals surface area contributed by atoms with Gasteiger partial charge in [-0.1, -0.05) is 36.4 Å². The van der Waals surface area contributed by atoms with Gasteiger partial charge < -0.3 is 14.4 Å². The molecule has 2 atom stereocenters. The van der Waals surface area contributed by atoms with Gasteiger partial charge in [0.05, 0.1) is 12.6 Å². The number of fused-ring (bicyclic) bond motifs is 1. The van der Waals surface area contributed by atoms with Crippen molar-refractivity contribution in [2.45, 2.75) is 31.6 Å². The van der Waals surface area contributed by atoms with Crippen LogP contribution < -0.4 is 4.74 Å². The highest BCUT2D eigenvalue weighted by Crippen LogP contribution is 2.44. The number of hydrogen-bond acceptors (Lipinski definition) is 3. The summed E-state index contributed by atoms with van der Waals surface area (Å²) < 4.78 is 7.99. The molecule has 0 bridgehead atoms. The molecule has 4 rings (SSSR count). The molecule has 0 amide bonds. The van der Waals surface area contributed by atoms with E-state index >= 15 is 0 Å². The lowest BCUT2D eigenvalue weighted by atomic mass is 9.86. The Hall–Kier alpha value is -3.10. The Bertz CT molecular complexity index is 986. The van der Waals surface area contributed by atoms with Crippen LogP contribution in [0.25, 0.3) is 16.2 Å². The van der Waals surface area contributed by atoms with Gasteiger partial charge in [-0.05, 0) is 26.0 Å². The minimum absolute atomic E-state index is 0.395. The van der Waals surface area contributed by atoms with E-state index in [4.69, 9.17) is 11.3 Å². The zero-order valence-electron chi connectivity index (χ0n) is 14.6. The lowest BCUT2D eigenvalue weighted by Crippen LogP contribution is -2.50. The first-order valence-electron chi connectivity index (χ1n) is 8.48. The van der Waals surface area contributed by atoms with Crippen LogP contribution in [0.1, 0.15) is 25.5 Å². The third-order valence-corrected chi connectivity index (χ3v) is 4.83. The third kappa shape index (κ3) is 2.56. The molecule has 26 heavy (non-hydrogen) atoms. The number of imidazole rings is 1. The van der Waals surface area contributed by atoms with E-state index in [1.807, 2.05) is 61.0 Å². The van der Waals surface area contributed by atoms with Crippen molar-refractivity contribution >= 4 is 5.69 Å². The van der Waals surface area contributed by atoms with Crippen molar-refractivity contribution < 1.29 is 9.84 Å². The molecule has 1 aliphatic heterocycles. The molecule has 2 aromatic carbocycles. The van der Waals surface area contributed by atoms with Gasteiger partial charge in [-0.15, -0.1) is 0 Å². The molecule has 0 spiro atoms. The van der Waals surface area contributed by atoms with Gasteiger partial charge in [-0.2, -0.15) is 0 Å². The minimum Gasteiger partial charge on any atom is -0.485 e. The topological polar surface area (TPSA) is 51.6 Å². The molecular weight excluding hydrogens is 326 g/mol. The Morgan fingerprint density at radius 2 is 1.96 bits per heavy atom. The summed E-state index contributed by atoms with van der Waals surface area (Å²) in [6, 6.07) is 14.8. The highest BCUT2D eigenvalue weighted by molar-refractivity contribution is 5.58. The van der Waals surface area contributed by atoms with Gasteiger partial charge in [0.2, 0.25) is 0 Å². The van der Waals surface area contributed by atoms with E-state index < -0.39 is 17.7 Å².